The number of carbonyl (C=O) groups is 2. The average molecular weight is 461 g/mol. The van der Waals surface area contributed by atoms with Crippen LogP contribution in [0.4, 0.5) is 16.2 Å². The fourth-order valence-corrected chi connectivity index (χ4v) is 4.94. The summed E-state index contributed by atoms with van der Waals surface area (Å²) < 4.78 is 12.8. The molecule has 0 radical (unpaired) electrons. The van der Waals surface area contributed by atoms with E-state index in [9.17, 15) is 14.4 Å². The summed E-state index contributed by atoms with van der Waals surface area (Å²) in [6.07, 6.45) is 2.55. The third-order valence-electron chi connectivity index (χ3n) is 6.52. The third kappa shape index (κ3) is 3.56. The summed E-state index contributed by atoms with van der Waals surface area (Å²) in [4.78, 5) is 42.4. The van der Waals surface area contributed by atoms with E-state index in [0.717, 1.165) is 23.0 Å². The van der Waals surface area contributed by atoms with Gasteiger partial charge in [0.2, 0.25) is 0 Å². The van der Waals surface area contributed by atoms with E-state index < -0.39 is 6.09 Å². The fourth-order valence-electron chi connectivity index (χ4n) is 4.94. The first-order valence-corrected chi connectivity index (χ1v) is 11.3. The summed E-state index contributed by atoms with van der Waals surface area (Å²) in [5, 5.41) is 6.18. The zero-order valence-electron chi connectivity index (χ0n) is 18.3. The summed E-state index contributed by atoms with van der Waals surface area (Å²) in [6.45, 7) is 1.70. The Morgan fingerprint density at radius 2 is 2.06 bits per heavy atom. The van der Waals surface area contributed by atoms with Crippen LogP contribution in [0.3, 0.4) is 0 Å². The lowest BCUT2D eigenvalue weighted by Gasteiger charge is -2.20. The van der Waals surface area contributed by atoms with Gasteiger partial charge in [-0.3, -0.25) is 19.5 Å². The molecule has 0 saturated carbocycles. The van der Waals surface area contributed by atoms with Gasteiger partial charge in [-0.2, -0.15) is 0 Å². The van der Waals surface area contributed by atoms with Crippen molar-refractivity contribution in [1.29, 1.82) is 0 Å². The smallest absolute Gasteiger partial charge is 0.414 e. The molecule has 10 heteroatoms. The molecule has 2 aromatic heterocycles. The topological polar surface area (TPSA) is 115 Å². The van der Waals surface area contributed by atoms with Crippen LogP contribution >= 0.6 is 0 Å². The summed E-state index contributed by atoms with van der Waals surface area (Å²) in [6, 6.07) is 10.6. The standard InChI is InChI=1S/C24H23N5O5/c30-21-13-33-20-3-1-15(10-19(20)27-21)28-12-17(34-24(28)32)6-7-25-11-16-9-14-5-8-26-18-2-4-22(31)29(16)23(14)18/h1-5,8,10,16-17,25H,6-7,9,11-13H2,(H,27,30)/t16-,17-/m0/s1. The molecule has 174 valence electrons. The van der Waals surface area contributed by atoms with Crippen LogP contribution in [0.25, 0.3) is 11.0 Å². The lowest BCUT2D eigenvalue weighted by molar-refractivity contribution is -0.118. The molecule has 2 N–H and O–H groups in total. The molecule has 1 saturated heterocycles. The maximum absolute atomic E-state index is 12.5. The van der Waals surface area contributed by atoms with Crippen LogP contribution in [0, 0.1) is 0 Å². The van der Waals surface area contributed by atoms with Crippen LogP contribution in [-0.2, 0) is 16.0 Å². The second kappa shape index (κ2) is 8.14. The average Bonchev–Trinajstić information content (AvgIpc) is 3.40. The number of benzene rings is 1. The number of nitrogens with zero attached hydrogens (tertiary/aromatic N) is 3. The number of nitrogens with one attached hydrogen (secondary N) is 2. The summed E-state index contributed by atoms with van der Waals surface area (Å²) in [5.41, 5.74) is 4.08. The number of pyridine rings is 2. The molecular formula is C24H23N5O5. The first-order chi connectivity index (χ1) is 16.6. The number of carbonyl (C=O) groups excluding carboxylic acids is 2. The molecule has 0 aliphatic carbocycles. The molecule has 5 heterocycles. The number of anilines is 2. The van der Waals surface area contributed by atoms with Crippen molar-refractivity contribution in [2.75, 3.05) is 36.5 Å². The normalized spacial score (nSPS) is 20.8. The number of aromatic nitrogens is 2. The number of hydrogen-bond acceptors (Lipinski definition) is 7. The van der Waals surface area contributed by atoms with E-state index in [1.807, 2.05) is 10.6 Å². The maximum Gasteiger partial charge on any atom is 0.414 e. The minimum atomic E-state index is -0.412. The number of ether oxygens (including phenoxy) is 2. The number of hydrogen-bond donors (Lipinski definition) is 2. The lowest BCUT2D eigenvalue weighted by atomic mass is 10.1. The first kappa shape index (κ1) is 20.7. The zero-order valence-corrected chi connectivity index (χ0v) is 18.3. The van der Waals surface area contributed by atoms with Gasteiger partial charge < -0.3 is 24.7 Å². The van der Waals surface area contributed by atoms with Gasteiger partial charge in [-0.1, -0.05) is 0 Å². The Morgan fingerprint density at radius 3 is 2.97 bits per heavy atom. The van der Waals surface area contributed by atoms with Gasteiger partial charge in [-0.25, -0.2) is 4.79 Å². The van der Waals surface area contributed by atoms with Gasteiger partial charge in [0.15, 0.2) is 6.61 Å². The molecule has 0 bridgehead atoms. The van der Waals surface area contributed by atoms with Gasteiger partial charge in [0.05, 0.1) is 29.3 Å². The summed E-state index contributed by atoms with van der Waals surface area (Å²) >= 11 is 0. The van der Waals surface area contributed by atoms with Crippen LogP contribution in [0.2, 0.25) is 0 Å². The maximum atomic E-state index is 12.5. The Hall–Kier alpha value is -3.92. The van der Waals surface area contributed by atoms with Crippen molar-refractivity contribution in [3.05, 3.63) is 58.5 Å². The quantitative estimate of drug-likeness (QED) is 0.538. The molecule has 1 fully saturated rings. The predicted octanol–water partition coefficient (Wildman–Crippen LogP) is 1.83. The Labute approximate surface area is 194 Å². The van der Waals surface area contributed by atoms with E-state index in [0.29, 0.717) is 43.2 Å². The van der Waals surface area contributed by atoms with E-state index in [1.165, 1.54) is 0 Å². The van der Waals surface area contributed by atoms with Crippen molar-refractivity contribution in [2.45, 2.75) is 25.0 Å². The van der Waals surface area contributed by atoms with Gasteiger partial charge in [0.25, 0.3) is 11.5 Å². The second-order valence-electron chi connectivity index (χ2n) is 8.73. The molecule has 2 amide bonds. The molecule has 10 nitrogen and oxygen atoms in total. The second-order valence-corrected chi connectivity index (χ2v) is 8.73. The Bertz CT molecular complexity index is 1370. The minimum Gasteiger partial charge on any atom is -0.482 e. The van der Waals surface area contributed by atoms with E-state index in [4.69, 9.17) is 9.47 Å². The first-order valence-electron chi connectivity index (χ1n) is 11.3. The number of cyclic esters (lactones) is 1. The summed E-state index contributed by atoms with van der Waals surface area (Å²) in [5.74, 6) is 0.356. The Kier molecular flexibility index (Phi) is 4.95. The van der Waals surface area contributed by atoms with Crippen molar-refractivity contribution in [3.63, 3.8) is 0 Å². The molecule has 2 atom stereocenters. The SMILES string of the molecule is O=C1COc2ccc(N3C[C@H](CCNC[C@@H]4Cc5ccnc6ccc(=O)n4c56)OC3=O)cc2N1. The van der Waals surface area contributed by atoms with Gasteiger partial charge in [-0.05, 0) is 55.3 Å². The van der Waals surface area contributed by atoms with Crippen molar-refractivity contribution in [3.8, 4) is 5.75 Å². The Balaban J connectivity index is 1.05. The van der Waals surface area contributed by atoms with Gasteiger partial charge in [0, 0.05) is 24.5 Å². The molecule has 3 aliphatic rings. The van der Waals surface area contributed by atoms with E-state index in [-0.39, 0.29) is 30.2 Å². The highest BCUT2D eigenvalue weighted by molar-refractivity contribution is 5.97. The number of fused-ring (bicyclic) bond motifs is 1. The molecule has 3 aromatic rings. The molecule has 1 aromatic carbocycles. The van der Waals surface area contributed by atoms with Gasteiger partial charge >= 0.3 is 6.09 Å². The van der Waals surface area contributed by atoms with Crippen molar-refractivity contribution >= 4 is 34.4 Å². The highest BCUT2D eigenvalue weighted by atomic mass is 16.6. The molecule has 6 rings (SSSR count). The monoisotopic (exact) mass is 461 g/mol. The molecule has 0 unspecified atom stereocenters. The largest absolute Gasteiger partial charge is 0.482 e. The molecular weight excluding hydrogens is 438 g/mol. The van der Waals surface area contributed by atoms with Crippen LogP contribution in [0.15, 0.2) is 47.4 Å². The van der Waals surface area contributed by atoms with Crippen LogP contribution in [0.1, 0.15) is 18.0 Å². The van der Waals surface area contributed by atoms with Crippen molar-refractivity contribution in [2.24, 2.45) is 0 Å². The lowest BCUT2D eigenvalue weighted by Crippen LogP contribution is -2.32. The number of amides is 2. The van der Waals surface area contributed by atoms with Gasteiger partial charge in [-0.15, -0.1) is 0 Å². The van der Waals surface area contributed by atoms with Crippen molar-refractivity contribution in [1.82, 2.24) is 14.9 Å². The van der Waals surface area contributed by atoms with E-state index in [2.05, 4.69) is 15.6 Å². The highest BCUT2D eigenvalue weighted by Crippen LogP contribution is 2.34. The number of rotatable bonds is 6. The van der Waals surface area contributed by atoms with Crippen molar-refractivity contribution < 1.29 is 19.1 Å². The molecule has 34 heavy (non-hydrogen) atoms. The van der Waals surface area contributed by atoms with Crippen LogP contribution in [0.5, 0.6) is 5.75 Å². The highest BCUT2D eigenvalue weighted by Gasteiger charge is 2.33. The summed E-state index contributed by atoms with van der Waals surface area (Å²) in [7, 11) is 0. The van der Waals surface area contributed by atoms with Gasteiger partial charge in [0.1, 0.15) is 11.9 Å². The predicted molar refractivity (Wildman–Crippen MR) is 124 cm³/mol. The van der Waals surface area contributed by atoms with Crippen LogP contribution in [-0.4, -0.2) is 53.9 Å². The van der Waals surface area contributed by atoms with E-state index in [1.54, 1.807) is 41.4 Å². The van der Waals surface area contributed by atoms with E-state index >= 15 is 0 Å². The minimum absolute atomic E-state index is 0.0131. The third-order valence-corrected chi connectivity index (χ3v) is 6.52. The fraction of sp³-hybridized carbons (Fsp3) is 0.333. The Morgan fingerprint density at radius 1 is 1.15 bits per heavy atom. The van der Waals surface area contributed by atoms with Crippen LogP contribution < -0.4 is 25.8 Å². The molecule has 0 spiro atoms. The molecule has 3 aliphatic heterocycles. The zero-order chi connectivity index (χ0) is 23.2.